The summed E-state index contributed by atoms with van der Waals surface area (Å²) in [6.45, 7) is 7.16. The molecule has 1 spiro atoms. The Hall–Kier alpha value is -4.97. The fourth-order valence-electron chi connectivity index (χ4n) is 5.71. The van der Waals surface area contributed by atoms with E-state index in [1.807, 2.05) is 43.3 Å². The van der Waals surface area contributed by atoms with Gasteiger partial charge >= 0.3 is 0 Å². The summed E-state index contributed by atoms with van der Waals surface area (Å²) >= 11 is 0. The van der Waals surface area contributed by atoms with E-state index in [-0.39, 0.29) is 23.8 Å². The summed E-state index contributed by atoms with van der Waals surface area (Å²) in [6, 6.07) is 15.5. The molecule has 2 saturated heterocycles. The number of nitrogens with zero attached hydrogens (tertiary/aromatic N) is 5. The third-order valence-corrected chi connectivity index (χ3v) is 7.57. The van der Waals surface area contributed by atoms with Crippen molar-refractivity contribution in [2.24, 2.45) is 5.41 Å². The lowest BCUT2D eigenvalue weighted by molar-refractivity contribution is -0.138. The van der Waals surface area contributed by atoms with E-state index < -0.39 is 0 Å². The number of aromatic amines is 1. The number of rotatable bonds is 6. The highest BCUT2D eigenvalue weighted by Crippen LogP contribution is 2.46. The second kappa shape index (κ2) is 9.40. The van der Waals surface area contributed by atoms with Crippen LogP contribution in [0.25, 0.3) is 22.0 Å². The Labute approximate surface area is 225 Å². The Morgan fingerprint density at radius 3 is 2.85 bits per heavy atom. The van der Waals surface area contributed by atoms with Crippen LogP contribution in [0.3, 0.4) is 0 Å². The first-order valence-electron chi connectivity index (χ1n) is 12.7. The van der Waals surface area contributed by atoms with Gasteiger partial charge in [0.1, 0.15) is 18.4 Å². The predicted octanol–water partition coefficient (Wildman–Crippen LogP) is 4.14. The fourth-order valence-corrected chi connectivity index (χ4v) is 5.71. The van der Waals surface area contributed by atoms with Gasteiger partial charge in [0, 0.05) is 54.7 Å². The second-order valence-electron chi connectivity index (χ2n) is 10.2. The molecule has 0 aliphatic carbocycles. The van der Waals surface area contributed by atoms with E-state index in [0.29, 0.717) is 48.6 Å². The van der Waals surface area contributed by atoms with E-state index in [1.165, 1.54) is 6.08 Å². The SMILES string of the molecule is C=CC(=O)N1CC2(CC(=O)N(c3cc(OCc4ccccn4)cc(-c4c(C)ccc5[nH]ncc45)c3C#N)C2)C1. The smallest absolute Gasteiger partial charge is 0.245 e. The highest BCUT2D eigenvalue weighted by molar-refractivity contribution is 6.03. The van der Waals surface area contributed by atoms with Crippen LogP contribution in [0.5, 0.6) is 5.75 Å². The Morgan fingerprint density at radius 2 is 2.10 bits per heavy atom. The van der Waals surface area contributed by atoms with Crippen molar-refractivity contribution in [3.63, 3.8) is 0 Å². The van der Waals surface area contributed by atoms with Gasteiger partial charge in [0.05, 0.1) is 28.7 Å². The van der Waals surface area contributed by atoms with Gasteiger partial charge in [0.25, 0.3) is 0 Å². The number of amides is 2. The number of hydrogen-bond acceptors (Lipinski definition) is 6. The van der Waals surface area contributed by atoms with Gasteiger partial charge in [0.15, 0.2) is 0 Å². The van der Waals surface area contributed by atoms with Crippen molar-refractivity contribution in [1.82, 2.24) is 20.1 Å². The molecule has 1 N–H and O–H groups in total. The second-order valence-corrected chi connectivity index (χ2v) is 10.2. The van der Waals surface area contributed by atoms with Gasteiger partial charge in [0.2, 0.25) is 11.8 Å². The minimum Gasteiger partial charge on any atom is -0.487 e. The number of likely N-dealkylation sites (tertiary alicyclic amines) is 1. The number of H-pyrrole nitrogens is 1. The molecule has 0 unspecified atom stereocenters. The molecule has 4 heterocycles. The van der Waals surface area contributed by atoms with Crippen LogP contribution in [0.15, 0.2) is 67.5 Å². The Morgan fingerprint density at radius 1 is 1.26 bits per heavy atom. The number of anilines is 1. The number of carbonyl (C=O) groups excluding carboxylic acids is 2. The van der Waals surface area contributed by atoms with Crippen LogP contribution in [0.1, 0.15) is 23.2 Å². The standard InChI is InChI=1S/C30H26N6O3/c1-3-27(37)35-16-30(17-35)12-28(38)36(18-30)26-11-21(39-15-20-6-4-5-9-32-20)10-22(23(26)13-31)29-19(2)7-8-25-24(29)14-33-34-25/h3-11,14H,1,12,15-18H2,2H3,(H,33,34). The lowest BCUT2D eigenvalue weighted by Crippen LogP contribution is -2.59. The third-order valence-electron chi connectivity index (χ3n) is 7.57. The number of benzene rings is 2. The molecule has 2 aliphatic rings. The molecule has 0 bridgehead atoms. The maximum absolute atomic E-state index is 13.4. The van der Waals surface area contributed by atoms with E-state index >= 15 is 0 Å². The molecule has 39 heavy (non-hydrogen) atoms. The number of carbonyl (C=O) groups is 2. The Kier molecular flexibility index (Phi) is 5.88. The molecule has 0 saturated carbocycles. The number of aryl methyl sites for hydroxylation is 1. The normalized spacial score (nSPS) is 15.8. The first-order chi connectivity index (χ1) is 18.9. The maximum Gasteiger partial charge on any atom is 0.245 e. The van der Waals surface area contributed by atoms with Crippen LogP contribution in [-0.4, -0.2) is 51.5 Å². The molecule has 2 aromatic heterocycles. The summed E-state index contributed by atoms with van der Waals surface area (Å²) in [7, 11) is 0. The van der Waals surface area contributed by atoms with Gasteiger partial charge in [-0.2, -0.15) is 10.4 Å². The van der Waals surface area contributed by atoms with Crippen LogP contribution >= 0.6 is 0 Å². The largest absolute Gasteiger partial charge is 0.487 e. The van der Waals surface area contributed by atoms with Gasteiger partial charge in [-0.05, 0) is 48.4 Å². The minimum absolute atomic E-state index is 0.0803. The lowest BCUT2D eigenvalue weighted by atomic mass is 9.79. The van der Waals surface area contributed by atoms with Gasteiger partial charge in [-0.25, -0.2) is 0 Å². The van der Waals surface area contributed by atoms with E-state index in [0.717, 1.165) is 27.7 Å². The Balaban J connectivity index is 1.45. The molecule has 4 aromatic rings. The number of aromatic nitrogens is 3. The van der Waals surface area contributed by atoms with Gasteiger partial charge in [-0.1, -0.05) is 18.7 Å². The molecule has 9 nitrogen and oxygen atoms in total. The molecule has 0 atom stereocenters. The van der Waals surface area contributed by atoms with E-state index in [9.17, 15) is 14.9 Å². The van der Waals surface area contributed by atoms with Crippen LogP contribution in [0.4, 0.5) is 5.69 Å². The maximum atomic E-state index is 13.4. The van der Waals surface area contributed by atoms with Crippen LogP contribution in [0, 0.1) is 23.7 Å². The van der Waals surface area contributed by atoms with Crippen molar-refractivity contribution in [1.29, 1.82) is 5.26 Å². The average Bonchev–Trinajstić information content (AvgIpc) is 3.55. The van der Waals surface area contributed by atoms with Crippen molar-refractivity contribution in [2.45, 2.75) is 20.0 Å². The van der Waals surface area contributed by atoms with Crippen molar-refractivity contribution in [3.05, 3.63) is 84.3 Å². The molecular weight excluding hydrogens is 492 g/mol. The number of ether oxygens (including phenoxy) is 1. The number of nitriles is 1. The summed E-state index contributed by atoms with van der Waals surface area (Å²) in [5, 5.41) is 18.5. The topological polar surface area (TPSA) is 115 Å². The first-order valence-corrected chi connectivity index (χ1v) is 12.7. The number of hydrogen-bond donors (Lipinski definition) is 1. The molecule has 2 aliphatic heterocycles. The minimum atomic E-state index is -0.339. The molecule has 0 radical (unpaired) electrons. The van der Waals surface area contributed by atoms with Gasteiger partial charge in [-0.3, -0.25) is 19.7 Å². The summed E-state index contributed by atoms with van der Waals surface area (Å²) in [4.78, 5) is 33.2. The lowest BCUT2D eigenvalue weighted by Gasteiger charge is -2.47. The number of fused-ring (bicyclic) bond motifs is 1. The van der Waals surface area contributed by atoms with Crippen molar-refractivity contribution in [3.8, 4) is 22.9 Å². The monoisotopic (exact) mass is 518 g/mol. The molecule has 2 aromatic carbocycles. The third kappa shape index (κ3) is 4.20. The summed E-state index contributed by atoms with van der Waals surface area (Å²) in [6.07, 6.45) is 5.06. The predicted molar refractivity (Wildman–Crippen MR) is 146 cm³/mol. The van der Waals surface area contributed by atoms with Crippen LogP contribution in [0.2, 0.25) is 0 Å². The molecule has 194 valence electrons. The highest BCUT2D eigenvalue weighted by atomic mass is 16.5. The molecule has 2 fully saturated rings. The zero-order chi connectivity index (χ0) is 27.1. The average molecular weight is 519 g/mol. The van der Waals surface area contributed by atoms with Gasteiger partial charge in [-0.15, -0.1) is 0 Å². The first kappa shape index (κ1) is 24.4. The summed E-state index contributed by atoms with van der Waals surface area (Å²) in [5.74, 6) is 0.304. The van der Waals surface area contributed by atoms with Crippen LogP contribution in [-0.2, 0) is 16.2 Å². The van der Waals surface area contributed by atoms with Gasteiger partial charge < -0.3 is 14.5 Å². The van der Waals surface area contributed by atoms with E-state index in [2.05, 4.69) is 27.8 Å². The fraction of sp³-hybridized carbons (Fsp3) is 0.233. The van der Waals surface area contributed by atoms with E-state index in [4.69, 9.17) is 4.74 Å². The zero-order valence-electron chi connectivity index (χ0n) is 21.5. The van der Waals surface area contributed by atoms with Crippen molar-refractivity contribution in [2.75, 3.05) is 24.5 Å². The molecular formula is C30H26N6O3. The van der Waals surface area contributed by atoms with Crippen molar-refractivity contribution < 1.29 is 14.3 Å². The number of pyridine rings is 1. The Bertz CT molecular complexity index is 1660. The highest BCUT2D eigenvalue weighted by Gasteiger charge is 2.53. The van der Waals surface area contributed by atoms with Crippen LogP contribution < -0.4 is 9.64 Å². The van der Waals surface area contributed by atoms with E-state index in [1.54, 1.807) is 28.3 Å². The number of nitrogens with one attached hydrogen (secondary N) is 1. The molecule has 9 heteroatoms. The molecule has 6 rings (SSSR count). The summed E-state index contributed by atoms with van der Waals surface area (Å²) < 4.78 is 6.18. The quantitative estimate of drug-likeness (QED) is 0.384. The zero-order valence-corrected chi connectivity index (χ0v) is 21.5. The van der Waals surface area contributed by atoms with Crippen molar-refractivity contribution >= 4 is 28.4 Å². The summed E-state index contributed by atoms with van der Waals surface area (Å²) in [5.41, 5.74) is 4.65. The molecule has 2 amide bonds.